The maximum Gasteiger partial charge on any atom is 0.338 e. The average molecular weight is 331 g/mol. The number of ether oxygens (including phenoxy) is 1. The lowest BCUT2D eigenvalue weighted by atomic mass is 9.70. The van der Waals surface area contributed by atoms with E-state index >= 15 is 0 Å². The van der Waals surface area contributed by atoms with Crippen LogP contribution in [0.1, 0.15) is 65.4 Å². The smallest absolute Gasteiger partial charge is 0.338 e. The molecule has 0 aliphatic carbocycles. The number of nitrogen functional groups attached to an aromatic ring is 1. The summed E-state index contributed by atoms with van der Waals surface area (Å²) in [6.07, 6.45) is 1.98. The molecule has 4 nitrogen and oxygen atoms in total. The molecule has 24 heavy (non-hydrogen) atoms. The van der Waals surface area contributed by atoms with Crippen LogP contribution in [0.4, 0.5) is 5.69 Å². The van der Waals surface area contributed by atoms with E-state index in [4.69, 9.17) is 10.5 Å². The molecule has 2 atom stereocenters. The van der Waals surface area contributed by atoms with Crippen LogP contribution in [0.5, 0.6) is 0 Å². The van der Waals surface area contributed by atoms with Gasteiger partial charge in [-0.05, 0) is 36.5 Å². The van der Waals surface area contributed by atoms with E-state index in [0.29, 0.717) is 17.7 Å². The standard InChI is InChI=1S/C20H29NO3/c1-6-10-20(5)12-15(22)16(18(23)24-20)17(19(2,3)4)13-8-7-9-14(21)11-13/h7-9,11,17,22H,6,10,12,21H2,1-5H3/t17-,20?/m1/s1. The van der Waals surface area contributed by atoms with Gasteiger partial charge in [-0.1, -0.05) is 46.2 Å². The quantitative estimate of drug-likeness (QED) is 0.618. The number of esters is 1. The van der Waals surface area contributed by atoms with E-state index in [9.17, 15) is 9.90 Å². The van der Waals surface area contributed by atoms with Crippen molar-refractivity contribution in [2.24, 2.45) is 5.41 Å². The first-order valence-electron chi connectivity index (χ1n) is 8.58. The summed E-state index contributed by atoms with van der Waals surface area (Å²) >= 11 is 0. The summed E-state index contributed by atoms with van der Waals surface area (Å²) in [6.45, 7) is 10.1. The Morgan fingerprint density at radius 3 is 2.54 bits per heavy atom. The minimum atomic E-state index is -0.627. The number of rotatable bonds is 4. The van der Waals surface area contributed by atoms with Crippen molar-refractivity contribution in [1.82, 2.24) is 0 Å². The normalized spacial score (nSPS) is 23.1. The number of cyclic esters (lactones) is 1. The fourth-order valence-corrected chi connectivity index (χ4v) is 3.67. The van der Waals surface area contributed by atoms with Gasteiger partial charge in [-0.2, -0.15) is 0 Å². The Balaban J connectivity index is 2.53. The Bertz CT molecular complexity index is 657. The zero-order chi connectivity index (χ0) is 18.1. The molecule has 0 saturated heterocycles. The summed E-state index contributed by atoms with van der Waals surface area (Å²) in [7, 11) is 0. The molecule has 0 radical (unpaired) electrons. The highest BCUT2D eigenvalue weighted by molar-refractivity contribution is 5.92. The molecule has 2 rings (SSSR count). The molecule has 1 aromatic rings. The Morgan fingerprint density at radius 1 is 1.38 bits per heavy atom. The van der Waals surface area contributed by atoms with Gasteiger partial charge >= 0.3 is 5.97 Å². The van der Waals surface area contributed by atoms with E-state index in [-0.39, 0.29) is 17.1 Å². The second-order valence-electron chi connectivity index (χ2n) is 8.10. The Morgan fingerprint density at radius 2 is 2.04 bits per heavy atom. The van der Waals surface area contributed by atoms with Crippen LogP contribution in [-0.2, 0) is 9.53 Å². The molecular formula is C20H29NO3. The van der Waals surface area contributed by atoms with E-state index in [2.05, 4.69) is 0 Å². The molecule has 0 fully saturated rings. The zero-order valence-electron chi connectivity index (χ0n) is 15.3. The van der Waals surface area contributed by atoms with E-state index in [1.165, 1.54) is 0 Å². The average Bonchev–Trinajstić information content (AvgIpc) is 2.41. The van der Waals surface area contributed by atoms with Gasteiger partial charge in [0.05, 0.1) is 5.57 Å². The van der Waals surface area contributed by atoms with Crippen molar-refractivity contribution < 1.29 is 14.6 Å². The molecule has 1 aromatic carbocycles. The van der Waals surface area contributed by atoms with Gasteiger partial charge in [-0.3, -0.25) is 0 Å². The second-order valence-corrected chi connectivity index (χ2v) is 8.10. The van der Waals surface area contributed by atoms with Crippen LogP contribution < -0.4 is 5.73 Å². The number of nitrogens with two attached hydrogens (primary N) is 1. The van der Waals surface area contributed by atoms with Crippen molar-refractivity contribution in [3.05, 3.63) is 41.2 Å². The predicted molar refractivity (Wildman–Crippen MR) is 96.7 cm³/mol. The van der Waals surface area contributed by atoms with Crippen molar-refractivity contribution in [3.63, 3.8) is 0 Å². The largest absolute Gasteiger partial charge is 0.512 e. The first-order valence-corrected chi connectivity index (χ1v) is 8.58. The third kappa shape index (κ3) is 3.74. The molecule has 0 saturated carbocycles. The summed E-state index contributed by atoms with van der Waals surface area (Å²) < 4.78 is 5.74. The number of benzene rings is 1. The summed E-state index contributed by atoms with van der Waals surface area (Å²) in [5.74, 6) is -0.554. The van der Waals surface area contributed by atoms with Crippen molar-refractivity contribution in [1.29, 1.82) is 0 Å². The maximum absolute atomic E-state index is 12.8. The SMILES string of the molecule is CCCC1(C)CC(O)=C([C@@H](c2cccc(N)c2)C(C)(C)C)C(=O)O1. The number of carbonyl (C=O) groups excluding carboxylic acids is 1. The summed E-state index contributed by atoms with van der Waals surface area (Å²) in [4.78, 5) is 12.8. The highest BCUT2D eigenvalue weighted by Crippen LogP contribution is 2.46. The molecule has 0 amide bonds. The summed E-state index contributed by atoms with van der Waals surface area (Å²) in [5.41, 5.74) is 6.95. The highest BCUT2D eigenvalue weighted by Gasteiger charge is 2.43. The van der Waals surface area contributed by atoms with Crippen LogP contribution in [0.3, 0.4) is 0 Å². The lowest BCUT2D eigenvalue weighted by Gasteiger charge is -2.39. The monoisotopic (exact) mass is 331 g/mol. The molecule has 0 bridgehead atoms. The van der Waals surface area contributed by atoms with Crippen molar-refractivity contribution >= 4 is 11.7 Å². The van der Waals surface area contributed by atoms with E-state index in [1.807, 2.05) is 58.9 Å². The summed E-state index contributed by atoms with van der Waals surface area (Å²) in [5, 5.41) is 10.7. The predicted octanol–water partition coefficient (Wildman–Crippen LogP) is 4.72. The fraction of sp³-hybridized carbons (Fsp3) is 0.550. The molecule has 3 N–H and O–H groups in total. The fourth-order valence-electron chi connectivity index (χ4n) is 3.67. The second kappa shape index (κ2) is 6.50. The van der Waals surface area contributed by atoms with Gasteiger partial charge in [0, 0.05) is 18.0 Å². The van der Waals surface area contributed by atoms with Gasteiger partial charge in [0.2, 0.25) is 0 Å². The van der Waals surface area contributed by atoms with Crippen LogP contribution in [0.15, 0.2) is 35.6 Å². The highest BCUT2D eigenvalue weighted by atomic mass is 16.6. The molecule has 1 heterocycles. The molecule has 132 valence electrons. The number of aliphatic hydroxyl groups is 1. The van der Waals surface area contributed by atoms with E-state index in [1.54, 1.807) is 0 Å². The molecule has 0 aromatic heterocycles. The van der Waals surface area contributed by atoms with Crippen molar-refractivity contribution in [2.75, 3.05) is 5.73 Å². The molecular weight excluding hydrogens is 302 g/mol. The number of aliphatic hydroxyl groups excluding tert-OH is 1. The third-order valence-corrected chi connectivity index (χ3v) is 4.59. The number of hydrogen-bond acceptors (Lipinski definition) is 4. The molecule has 1 aliphatic heterocycles. The number of carbonyl (C=O) groups is 1. The van der Waals surface area contributed by atoms with E-state index < -0.39 is 11.6 Å². The molecule has 1 aliphatic rings. The van der Waals surface area contributed by atoms with Crippen molar-refractivity contribution in [2.45, 2.75) is 65.4 Å². The lowest BCUT2D eigenvalue weighted by molar-refractivity contribution is -0.158. The topological polar surface area (TPSA) is 72.5 Å². The summed E-state index contributed by atoms with van der Waals surface area (Å²) in [6, 6.07) is 7.49. The molecule has 4 heteroatoms. The van der Waals surface area contributed by atoms with Gasteiger partial charge < -0.3 is 15.6 Å². The maximum atomic E-state index is 12.8. The van der Waals surface area contributed by atoms with E-state index in [0.717, 1.165) is 18.4 Å². The molecule has 0 spiro atoms. The number of anilines is 1. The third-order valence-electron chi connectivity index (χ3n) is 4.59. The van der Waals surface area contributed by atoms with Gasteiger partial charge in [0.25, 0.3) is 0 Å². The Labute approximate surface area is 144 Å². The zero-order valence-corrected chi connectivity index (χ0v) is 15.3. The Kier molecular flexibility index (Phi) is 4.97. The first-order chi connectivity index (χ1) is 11.1. The lowest BCUT2D eigenvalue weighted by Crippen LogP contribution is -2.40. The molecule has 1 unspecified atom stereocenters. The minimum absolute atomic E-state index is 0.143. The van der Waals surface area contributed by atoms with Gasteiger partial charge in [0.1, 0.15) is 11.4 Å². The van der Waals surface area contributed by atoms with Gasteiger partial charge in [-0.15, -0.1) is 0 Å². The number of hydrogen-bond donors (Lipinski definition) is 2. The van der Waals surface area contributed by atoms with Gasteiger partial charge in [0.15, 0.2) is 0 Å². The van der Waals surface area contributed by atoms with Crippen LogP contribution in [0.25, 0.3) is 0 Å². The Hall–Kier alpha value is -1.97. The van der Waals surface area contributed by atoms with Crippen LogP contribution in [-0.4, -0.2) is 16.7 Å². The van der Waals surface area contributed by atoms with Crippen molar-refractivity contribution in [3.8, 4) is 0 Å². The van der Waals surface area contributed by atoms with Gasteiger partial charge in [-0.25, -0.2) is 4.79 Å². The minimum Gasteiger partial charge on any atom is -0.512 e. The van der Waals surface area contributed by atoms with Crippen LogP contribution in [0.2, 0.25) is 0 Å². The van der Waals surface area contributed by atoms with Crippen LogP contribution >= 0.6 is 0 Å². The van der Waals surface area contributed by atoms with Crippen LogP contribution in [0, 0.1) is 5.41 Å². The first kappa shape index (κ1) is 18.4.